The second-order valence-electron chi connectivity index (χ2n) is 4.27. The summed E-state index contributed by atoms with van der Waals surface area (Å²) in [6.07, 6.45) is 3.07. The van der Waals surface area contributed by atoms with E-state index in [4.69, 9.17) is 5.11 Å². The number of benzene rings is 1. The molecule has 4 heteroatoms. The molecule has 100 valence electrons. The van der Waals surface area contributed by atoms with Gasteiger partial charge in [-0.3, -0.25) is 0 Å². The third-order valence-corrected chi connectivity index (χ3v) is 2.92. The number of nitrogens with zero attached hydrogens (tertiary/aromatic N) is 1. The van der Waals surface area contributed by atoms with Crippen LogP contribution in [0.15, 0.2) is 30.3 Å². The molecule has 4 nitrogen and oxygen atoms in total. The van der Waals surface area contributed by atoms with Crippen LogP contribution >= 0.6 is 0 Å². The van der Waals surface area contributed by atoms with Gasteiger partial charge >= 0.3 is 5.97 Å². The second-order valence-corrected chi connectivity index (χ2v) is 4.27. The molecule has 1 atom stereocenters. The van der Waals surface area contributed by atoms with E-state index in [2.05, 4.69) is 6.92 Å². The Balaban J connectivity index is 2.83. The van der Waals surface area contributed by atoms with E-state index >= 15 is 0 Å². The van der Waals surface area contributed by atoms with Gasteiger partial charge in [-0.2, -0.15) is 0 Å². The highest BCUT2D eigenvalue weighted by Crippen LogP contribution is 2.17. The van der Waals surface area contributed by atoms with Crippen molar-refractivity contribution < 1.29 is 15.0 Å². The zero-order valence-electron chi connectivity index (χ0n) is 10.7. The Morgan fingerprint density at radius 2 is 1.94 bits per heavy atom. The maximum absolute atomic E-state index is 11.2. The van der Waals surface area contributed by atoms with Crippen LogP contribution in [0.4, 0.5) is 5.69 Å². The average Bonchev–Trinajstić information content (AvgIpc) is 2.38. The van der Waals surface area contributed by atoms with Crippen LogP contribution in [0.2, 0.25) is 0 Å². The quantitative estimate of drug-likeness (QED) is 0.695. The van der Waals surface area contributed by atoms with Crippen molar-refractivity contribution in [1.82, 2.24) is 0 Å². The number of anilines is 1. The number of unbranched alkanes of at least 4 members (excludes halogenated alkanes) is 2. The molecule has 1 rings (SSSR count). The van der Waals surface area contributed by atoms with E-state index in [1.807, 2.05) is 30.3 Å². The monoisotopic (exact) mass is 251 g/mol. The number of hydrogen-bond donors (Lipinski definition) is 2. The number of carboxylic acids is 1. The van der Waals surface area contributed by atoms with Gasteiger partial charge in [0.2, 0.25) is 0 Å². The number of hydrogen-bond acceptors (Lipinski definition) is 3. The number of para-hydroxylation sites is 1. The van der Waals surface area contributed by atoms with Gasteiger partial charge in [0.05, 0.1) is 6.61 Å². The highest BCUT2D eigenvalue weighted by Gasteiger charge is 2.24. The average molecular weight is 251 g/mol. The van der Waals surface area contributed by atoms with Crippen molar-refractivity contribution in [1.29, 1.82) is 0 Å². The molecule has 0 saturated heterocycles. The minimum absolute atomic E-state index is 0.379. The van der Waals surface area contributed by atoms with Crippen molar-refractivity contribution in [3.63, 3.8) is 0 Å². The van der Waals surface area contributed by atoms with Crippen molar-refractivity contribution in [2.24, 2.45) is 0 Å². The SMILES string of the molecule is CCCCCN(c1ccccc1)[C@@H](CO)C(=O)O. The van der Waals surface area contributed by atoms with E-state index in [1.54, 1.807) is 4.90 Å². The Labute approximate surface area is 108 Å². The molecular weight excluding hydrogens is 230 g/mol. The van der Waals surface area contributed by atoms with E-state index in [0.717, 1.165) is 24.9 Å². The van der Waals surface area contributed by atoms with Crippen molar-refractivity contribution in [2.45, 2.75) is 32.2 Å². The number of carbonyl (C=O) groups is 1. The van der Waals surface area contributed by atoms with E-state index in [-0.39, 0.29) is 6.61 Å². The largest absolute Gasteiger partial charge is 0.480 e. The predicted molar refractivity (Wildman–Crippen MR) is 71.8 cm³/mol. The van der Waals surface area contributed by atoms with Crippen LogP contribution in [0.3, 0.4) is 0 Å². The summed E-state index contributed by atoms with van der Waals surface area (Å²) in [5.41, 5.74) is 0.843. The van der Waals surface area contributed by atoms with Gasteiger partial charge in [0.1, 0.15) is 0 Å². The van der Waals surface area contributed by atoms with Crippen LogP contribution in [0.25, 0.3) is 0 Å². The Bertz CT molecular complexity index is 353. The summed E-state index contributed by atoms with van der Waals surface area (Å²) < 4.78 is 0. The van der Waals surface area contributed by atoms with Crippen LogP contribution in [0, 0.1) is 0 Å². The number of carboxylic acid groups (broad SMARTS) is 1. The van der Waals surface area contributed by atoms with Crippen molar-refractivity contribution in [2.75, 3.05) is 18.1 Å². The lowest BCUT2D eigenvalue weighted by Gasteiger charge is -2.29. The Kier molecular flexibility index (Phi) is 6.22. The van der Waals surface area contributed by atoms with Gasteiger partial charge in [-0.05, 0) is 18.6 Å². The molecule has 1 aromatic carbocycles. The first-order valence-electron chi connectivity index (χ1n) is 6.36. The van der Waals surface area contributed by atoms with Crippen molar-refractivity contribution in [3.05, 3.63) is 30.3 Å². The summed E-state index contributed by atoms with van der Waals surface area (Å²) in [5.74, 6) is -0.988. The molecule has 0 bridgehead atoms. The molecular formula is C14H21NO3. The molecule has 0 radical (unpaired) electrons. The van der Waals surface area contributed by atoms with Crippen molar-refractivity contribution in [3.8, 4) is 0 Å². The second kappa shape index (κ2) is 7.71. The van der Waals surface area contributed by atoms with E-state index in [1.165, 1.54) is 0 Å². The van der Waals surface area contributed by atoms with Crippen LogP contribution in [-0.4, -0.2) is 35.4 Å². The van der Waals surface area contributed by atoms with E-state index in [0.29, 0.717) is 6.54 Å². The lowest BCUT2D eigenvalue weighted by molar-refractivity contribution is -0.139. The van der Waals surface area contributed by atoms with E-state index < -0.39 is 12.0 Å². The summed E-state index contributed by atoms with van der Waals surface area (Å²) in [7, 11) is 0. The molecule has 0 unspecified atom stereocenters. The van der Waals surface area contributed by atoms with Crippen LogP contribution in [0.5, 0.6) is 0 Å². The molecule has 0 fully saturated rings. The van der Waals surface area contributed by atoms with Crippen molar-refractivity contribution >= 4 is 11.7 Å². The summed E-state index contributed by atoms with van der Waals surface area (Å²) in [4.78, 5) is 12.9. The smallest absolute Gasteiger partial charge is 0.328 e. The summed E-state index contributed by atoms with van der Waals surface area (Å²) in [5, 5.41) is 18.4. The maximum Gasteiger partial charge on any atom is 0.328 e. The topological polar surface area (TPSA) is 60.8 Å². The predicted octanol–water partition coefficient (Wildman–Crippen LogP) is 2.13. The van der Waals surface area contributed by atoms with Gasteiger partial charge in [0.15, 0.2) is 6.04 Å². The molecule has 2 N–H and O–H groups in total. The Morgan fingerprint density at radius 3 is 2.44 bits per heavy atom. The third-order valence-electron chi connectivity index (χ3n) is 2.92. The summed E-state index contributed by atoms with van der Waals surface area (Å²) in [6, 6.07) is 8.51. The summed E-state index contributed by atoms with van der Waals surface area (Å²) >= 11 is 0. The fourth-order valence-electron chi connectivity index (χ4n) is 1.93. The van der Waals surface area contributed by atoms with Crippen LogP contribution in [-0.2, 0) is 4.79 Å². The van der Waals surface area contributed by atoms with E-state index in [9.17, 15) is 9.90 Å². The molecule has 0 aromatic heterocycles. The Morgan fingerprint density at radius 1 is 1.28 bits per heavy atom. The molecule has 0 aliphatic rings. The molecule has 0 aliphatic heterocycles. The molecule has 1 aromatic rings. The third kappa shape index (κ3) is 4.04. The van der Waals surface area contributed by atoms with Crippen LogP contribution in [0.1, 0.15) is 26.2 Å². The fourth-order valence-corrected chi connectivity index (χ4v) is 1.93. The molecule has 0 heterocycles. The number of rotatable bonds is 8. The lowest BCUT2D eigenvalue weighted by atomic mass is 10.1. The number of aliphatic carboxylic acids is 1. The fraction of sp³-hybridized carbons (Fsp3) is 0.500. The molecule has 0 aliphatic carbocycles. The van der Waals surface area contributed by atoms with Gasteiger partial charge in [-0.1, -0.05) is 38.0 Å². The molecule has 18 heavy (non-hydrogen) atoms. The highest BCUT2D eigenvalue weighted by atomic mass is 16.4. The van der Waals surface area contributed by atoms with Gasteiger partial charge < -0.3 is 15.1 Å². The summed E-state index contributed by atoms with van der Waals surface area (Å²) in [6.45, 7) is 2.37. The van der Waals surface area contributed by atoms with Crippen LogP contribution < -0.4 is 4.90 Å². The zero-order chi connectivity index (χ0) is 13.4. The van der Waals surface area contributed by atoms with Gasteiger partial charge in [0.25, 0.3) is 0 Å². The molecule has 0 amide bonds. The normalized spacial score (nSPS) is 12.1. The minimum atomic E-state index is -0.988. The standard InChI is InChI=1S/C14H21NO3/c1-2-3-7-10-15(13(11-16)14(17)18)12-8-5-4-6-9-12/h4-6,8-9,13,16H,2-3,7,10-11H2,1H3,(H,17,18)/t13-/m0/s1. The van der Waals surface area contributed by atoms with Gasteiger partial charge in [-0.25, -0.2) is 4.79 Å². The lowest BCUT2D eigenvalue weighted by Crippen LogP contribution is -2.44. The number of aliphatic hydroxyl groups excluding tert-OH is 1. The number of aliphatic hydroxyl groups is 1. The highest BCUT2D eigenvalue weighted by molar-refractivity contribution is 5.78. The first-order chi connectivity index (χ1) is 8.70. The zero-order valence-corrected chi connectivity index (χ0v) is 10.7. The van der Waals surface area contributed by atoms with Gasteiger partial charge in [-0.15, -0.1) is 0 Å². The molecule has 0 saturated carbocycles. The first kappa shape index (κ1) is 14.5. The Hall–Kier alpha value is -1.55. The van der Waals surface area contributed by atoms with Gasteiger partial charge in [0, 0.05) is 12.2 Å². The first-order valence-corrected chi connectivity index (χ1v) is 6.36. The molecule has 0 spiro atoms. The minimum Gasteiger partial charge on any atom is -0.480 e. The maximum atomic E-state index is 11.2.